The number of anilines is 2. The van der Waals surface area contributed by atoms with Gasteiger partial charge in [0.1, 0.15) is 11.1 Å². The number of Topliss-reactive ketones (excluding diaryl/α,β-unsaturated/α-hetero) is 2. The van der Waals surface area contributed by atoms with Gasteiger partial charge >= 0.3 is 0 Å². The van der Waals surface area contributed by atoms with Crippen molar-refractivity contribution in [1.82, 2.24) is 9.80 Å². The minimum atomic E-state index is -1.18. The summed E-state index contributed by atoms with van der Waals surface area (Å²) in [6.07, 6.45) is 0. The van der Waals surface area contributed by atoms with Crippen molar-refractivity contribution in [1.29, 1.82) is 0 Å². The molecule has 0 aromatic heterocycles. The van der Waals surface area contributed by atoms with E-state index in [0.717, 1.165) is 33.6 Å². The molecule has 2 N–H and O–H groups in total. The van der Waals surface area contributed by atoms with Crippen LogP contribution in [0.3, 0.4) is 0 Å². The lowest BCUT2D eigenvalue weighted by atomic mass is 9.69. The van der Waals surface area contributed by atoms with Gasteiger partial charge in [-0.15, -0.1) is 0 Å². The number of amides is 2. The Labute approximate surface area is 302 Å². The summed E-state index contributed by atoms with van der Waals surface area (Å²) in [5.74, 6) is -2.52. The predicted octanol–water partition coefficient (Wildman–Crippen LogP) is 6.44. The van der Waals surface area contributed by atoms with Crippen LogP contribution in [0.2, 0.25) is 0 Å². The molecule has 8 nitrogen and oxygen atoms in total. The molecule has 4 aliphatic rings. The number of likely N-dealkylation sites (tertiary alicyclic amines) is 2. The lowest BCUT2D eigenvalue weighted by molar-refractivity contribution is -0.127. The summed E-state index contributed by atoms with van der Waals surface area (Å²) in [4.78, 5) is 61.6. The summed E-state index contributed by atoms with van der Waals surface area (Å²) >= 11 is 0. The van der Waals surface area contributed by atoms with Gasteiger partial charge in [0.05, 0.1) is 11.8 Å². The highest BCUT2D eigenvalue weighted by Crippen LogP contribution is 2.57. The molecule has 0 bridgehead atoms. The number of nitrogens with zero attached hydrogens (tertiary/aromatic N) is 2. The van der Waals surface area contributed by atoms with Gasteiger partial charge < -0.3 is 10.6 Å². The number of ketones is 2. The van der Waals surface area contributed by atoms with E-state index in [0.29, 0.717) is 24.2 Å². The van der Waals surface area contributed by atoms with Crippen molar-refractivity contribution < 1.29 is 19.2 Å². The fourth-order valence-corrected chi connectivity index (χ4v) is 9.95. The van der Waals surface area contributed by atoms with Crippen LogP contribution < -0.4 is 10.6 Å². The maximum atomic E-state index is 14.6. The van der Waals surface area contributed by atoms with Crippen molar-refractivity contribution >= 4 is 34.8 Å². The molecule has 2 saturated heterocycles. The van der Waals surface area contributed by atoms with Gasteiger partial charge in [0.15, 0.2) is 11.6 Å². The Morgan fingerprint density at radius 3 is 1.25 bits per heavy atom. The van der Waals surface area contributed by atoms with Crippen molar-refractivity contribution in [2.45, 2.75) is 22.9 Å². The third kappa shape index (κ3) is 4.34. The number of hydrogen-bond donors (Lipinski definition) is 2. The van der Waals surface area contributed by atoms with Gasteiger partial charge in [-0.3, -0.25) is 29.0 Å². The Hall–Kier alpha value is -5.70. The molecule has 6 unspecified atom stereocenters. The first-order valence-corrected chi connectivity index (χ1v) is 17.8. The van der Waals surface area contributed by atoms with Crippen molar-refractivity contribution in [3.63, 3.8) is 0 Å². The maximum absolute atomic E-state index is 14.6. The zero-order chi connectivity index (χ0) is 35.8. The fraction of sp³-hybridized carbons (Fsp3) is 0.227. The Kier molecular flexibility index (Phi) is 7.40. The van der Waals surface area contributed by atoms with E-state index in [2.05, 4.69) is 34.9 Å². The second-order valence-corrected chi connectivity index (χ2v) is 14.6. The van der Waals surface area contributed by atoms with Crippen LogP contribution >= 0.6 is 0 Å². The van der Waals surface area contributed by atoms with Crippen LogP contribution in [0.15, 0.2) is 133 Å². The lowest BCUT2D eigenvalue weighted by Crippen LogP contribution is -2.51. The highest BCUT2D eigenvalue weighted by Gasteiger charge is 2.65. The van der Waals surface area contributed by atoms with Crippen molar-refractivity contribution in [2.24, 2.45) is 11.8 Å². The molecule has 2 amide bonds. The molecule has 5 aromatic carbocycles. The number of rotatable bonds is 6. The van der Waals surface area contributed by atoms with Crippen LogP contribution in [0, 0.1) is 11.8 Å². The molecule has 8 heteroatoms. The largest absolute Gasteiger partial charge is 0.324 e. The first-order valence-electron chi connectivity index (χ1n) is 17.8. The highest BCUT2D eigenvalue weighted by molar-refractivity contribution is 6.13. The number of likely N-dealkylation sites (N-methyl/N-ethyl adjacent to an activating group) is 2. The molecule has 2 fully saturated rings. The van der Waals surface area contributed by atoms with Gasteiger partial charge in [0.2, 0.25) is 11.8 Å². The third-order valence-corrected chi connectivity index (χ3v) is 12.2. The van der Waals surface area contributed by atoms with E-state index in [9.17, 15) is 19.2 Å². The van der Waals surface area contributed by atoms with Crippen LogP contribution in [0.5, 0.6) is 0 Å². The number of carbonyl (C=O) groups excluding carboxylic acids is 4. The summed E-state index contributed by atoms with van der Waals surface area (Å²) in [6.45, 7) is 0.984. The van der Waals surface area contributed by atoms with E-state index in [-0.39, 0.29) is 35.2 Å². The van der Waals surface area contributed by atoms with Crippen molar-refractivity contribution in [3.8, 4) is 0 Å². The first kappa shape index (κ1) is 32.2. The second kappa shape index (κ2) is 11.9. The standard InChI is InChI=1S/C44H38N4O4/c1-47-25-31(37(39(49)29-13-5-3-6-14-29)43(47)33-17-9-11-19-35(33)45-41(43)51)27-21-23-28(24-22-27)32-26-48(2)44(34-18-10-12-20-36(34)46-42(44)52)38(32)40(50)30-15-7-4-8-16-30/h3-24,31-32,37-38H,25-26H2,1-2H3,(H,45,51)(H,46,52). The number of fused-ring (bicyclic) bond motifs is 4. The van der Waals surface area contributed by atoms with Gasteiger partial charge in [0, 0.05) is 58.6 Å². The number of carbonyl (C=O) groups is 4. The number of benzene rings is 5. The maximum Gasteiger partial charge on any atom is 0.250 e. The first-order chi connectivity index (χ1) is 25.3. The topological polar surface area (TPSA) is 98.8 Å². The molecule has 0 radical (unpaired) electrons. The second-order valence-electron chi connectivity index (χ2n) is 14.6. The quantitative estimate of drug-likeness (QED) is 0.200. The Morgan fingerprint density at radius 2 is 0.865 bits per heavy atom. The molecule has 0 saturated carbocycles. The van der Waals surface area contributed by atoms with E-state index in [4.69, 9.17) is 0 Å². The molecule has 4 heterocycles. The van der Waals surface area contributed by atoms with Gasteiger partial charge in [0.25, 0.3) is 0 Å². The summed E-state index contributed by atoms with van der Waals surface area (Å²) in [5, 5.41) is 6.16. The SMILES string of the molecule is CN1CC(c2ccc(C3CN(C)C4(C(=O)Nc5ccccc54)C3C(=O)c3ccccc3)cc2)C(C(=O)c2ccccc2)C12C(=O)Nc1ccccc12. The fourth-order valence-electron chi connectivity index (χ4n) is 9.95. The Morgan fingerprint density at radius 1 is 0.519 bits per heavy atom. The summed E-state index contributed by atoms with van der Waals surface area (Å²) in [6, 6.07) is 42.0. The zero-order valence-electron chi connectivity index (χ0n) is 29.0. The highest BCUT2D eigenvalue weighted by atomic mass is 16.2. The van der Waals surface area contributed by atoms with Crippen LogP contribution in [-0.4, -0.2) is 60.4 Å². The molecule has 2 spiro atoms. The van der Waals surface area contributed by atoms with Crippen molar-refractivity contribution in [3.05, 3.63) is 167 Å². The molecular formula is C44H38N4O4. The van der Waals surface area contributed by atoms with Crippen LogP contribution in [0.25, 0.3) is 0 Å². The van der Waals surface area contributed by atoms with E-state index in [1.165, 1.54) is 0 Å². The molecular weight excluding hydrogens is 649 g/mol. The van der Waals surface area contributed by atoms with E-state index < -0.39 is 22.9 Å². The van der Waals surface area contributed by atoms with Crippen molar-refractivity contribution in [2.75, 3.05) is 37.8 Å². The summed E-state index contributed by atoms with van der Waals surface area (Å²) in [5.41, 5.74) is 3.74. The van der Waals surface area contributed by atoms with Crippen LogP contribution in [0.1, 0.15) is 54.8 Å². The van der Waals surface area contributed by atoms with Gasteiger partial charge in [-0.05, 0) is 37.4 Å². The normalized spacial score (nSPS) is 27.8. The van der Waals surface area contributed by atoms with E-state index in [1.807, 2.05) is 133 Å². The molecule has 0 aliphatic carbocycles. The molecule has 52 heavy (non-hydrogen) atoms. The smallest absolute Gasteiger partial charge is 0.250 e. The van der Waals surface area contributed by atoms with Gasteiger partial charge in [-0.2, -0.15) is 0 Å². The van der Waals surface area contributed by atoms with E-state index >= 15 is 0 Å². The Bertz CT molecular complexity index is 2100. The van der Waals surface area contributed by atoms with E-state index in [1.54, 1.807) is 0 Å². The minimum Gasteiger partial charge on any atom is -0.324 e. The van der Waals surface area contributed by atoms with Gasteiger partial charge in [-0.25, -0.2) is 0 Å². The lowest BCUT2D eigenvalue weighted by Gasteiger charge is -2.35. The average Bonchev–Trinajstić information content (AvgIpc) is 3.87. The summed E-state index contributed by atoms with van der Waals surface area (Å²) < 4.78 is 0. The summed E-state index contributed by atoms with van der Waals surface area (Å²) in [7, 11) is 3.86. The molecule has 9 rings (SSSR count). The average molecular weight is 687 g/mol. The number of para-hydroxylation sites is 2. The van der Waals surface area contributed by atoms with Crippen LogP contribution in [-0.2, 0) is 20.7 Å². The molecule has 5 aromatic rings. The predicted molar refractivity (Wildman–Crippen MR) is 199 cm³/mol. The number of nitrogens with one attached hydrogen (secondary N) is 2. The molecule has 258 valence electrons. The number of hydrogen-bond acceptors (Lipinski definition) is 6. The minimum absolute atomic E-state index is 0.0790. The monoisotopic (exact) mass is 686 g/mol. The zero-order valence-corrected chi connectivity index (χ0v) is 29.0. The third-order valence-electron chi connectivity index (χ3n) is 12.2. The Balaban J connectivity index is 1.14. The van der Waals surface area contributed by atoms with Gasteiger partial charge in [-0.1, -0.05) is 121 Å². The molecule has 6 atom stereocenters. The molecule has 4 aliphatic heterocycles. The van der Waals surface area contributed by atoms with Crippen LogP contribution in [0.4, 0.5) is 11.4 Å².